The van der Waals surface area contributed by atoms with Gasteiger partial charge in [0.15, 0.2) is 0 Å². The number of aromatic nitrogens is 3. The topological polar surface area (TPSA) is 61.2 Å². The third-order valence-electron chi connectivity index (χ3n) is 4.16. The lowest BCUT2D eigenvalue weighted by molar-refractivity contribution is -0.0964. The summed E-state index contributed by atoms with van der Waals surface area (Å²) in [5, 5.41) is 11.9. The van der Waals surface area contributed by atoms with Crippen LogP contribution >= 0.6 is 0 Å². The van der Waals surface area contributed by atoms with Gasteiger partial charge in [-0.05, 0) is 6.42 Å². The number of nitrogens with zero attached hydrogens (tertiary/aromatic N) is 3. The smallest absolute Gasteiger partial charge is 0.0965 e. The summed E-state index contributed by atoms with van der Waals surface area (Å²) in [4.78, 5) is 0. The summed E-state index contributed by atoms with van der Waals surface area (Å²) in [6.07, 6.45) is 5.05. The van der Waals surface area contributed by atoms with Crippen molar-refractivity contribution in [1.82, 2.24) is 20.3 Å². The van der Waals surface area contributed by atoms with Gasteiger partial charge in [-0.15, -0.1) is 5.10 Å². The molecule has 2 saturated heterocycles. The molecule has 2 aliphatic heterocycles. The minimum absolute atomic E-state index is 0.0782. The Balaban J connectivity index is 1.63. The standard InChI is InChI=1S/C14H24N4O2/c1-11(2)15-8-12-9-18(17-16-12)13-3-5-20-14(7-13)4-6-19-10-14/h9,11,13,15H,3-8,10H2,1-2H3. The van der Waals surface area contributed by atoms with E-state index in [-0.39, 0.29) is 5.60 Å². The summed E-state index contributed by atoms with van der Waals surface area (Å²) in [6.45, 7) is 7.36. The molecule has 0 saturated carbocycles. The highest BCUT2D eigenvalue weighted by Crippen LogP contribution is 2.37. The molecule has 1 aromatic heterocycles. The Kier molecular flexibility index (Phi) is 4.05. The van der Waals surface area contributed by atoms with E-state index in [4.69, 9.17) is 9.47 Å². The van der Waals surface area contributed by atoms with Crippen molar-refractivity contribution in [2.75, 3.05) is 19.8 Å². The van der Waals surface area contributed by atoms with Gasteiger partial charge in [0, 0.05) is 38.6 Å². The molecule has 20 heavy (non-hydrogen) atoms. The molecule has 2 atom stereocenters. The first-order valence-corrected chi connectivity index (χ1v) is 7.53. The fraction of sp³-hybridized carbons (Fsp3) is 0.857. The highest BCUT2D eigenvalue weighted by atomic mass is 16.6. The number of rotatable bonds is 4. The molecule has 2 aliphatic rings. The van der Waals surface area contributed by atoms with Gasteiger partial charge in [-0.3, -0.25) is 0 Å². The van der Waals surface area contributed by atoms with Crippen LogP contribution in [0.15, 0.2) is 6.20 Å². The molecule has 3 rings (SSSR count). The Bertz CT molecular complexity index is 440. The second kappa shape index (κ2) is 5.79. The first-order chi connectivity index (χ1) is 9.67. The molecule has 112 valence electrons. The zero-order chi connectivity index (χ0) is 14.0. The minimum Gasteiger partial charge on any atom is -0.378 e. The molecule has 2 fully saturated rings. The van der Waals surface area contributed by atoms with E-state index in [0.717, 1.165) is 51.3 Å². The van der Waals surface area contributed by atoms with E-state index in [1.165, 1.54) is 0 Å². The SMILES string of the molecule is CC(C)NCc1cn(C2CCOC3(CCOC3)C2)nn1. The minimum atomic E-state index is -0.0782. The van der Waals surface area contributed by atoms with Gasteiger partial charge in [0.2, 0.25) is 0 Å². The van der Waals surface area contributed by atoms with Crippen molar-refractivity contribution in [2.45, 2.75) is 57.3 Å². The highest BCUT2D eigenvalue weighted by molar-refractivity contribution is 4.97. The van der Waals surface area contributed by atoms with Crippen LogP contribution < -0.4 is 5.32 Å². The first kappa shape index (κ1) is 14.0. The van der Waals surface area contributed by atoms with E-state index < -0.39 is 0 Å². The predicted molar refractivity (Wildman–Crippen MR) is 74.4 cm³/mol. The molecule has 6 heteroatoms. The maximum Gasteiger partial charge on any atom is 0.0965 e. The molecule has 0 aliphatic carbocycles. The molecule has 2 unspecified atom stereocenters. The summed E-state index contributed by atoms with van der Waals surface area (Å²) in [6, 6.07) is 0.841. The third kappa shape index (κ3) is 3.02. The first-order valence-electron chi connectivity index (χ1n) is 7.53. The number of hydrogen-bond donors (Lipinski definition) is 1. The van der Waals surface area contributed by atoms with Crippen LogP contribution in [0.1, 0.15) is 44.8 Å². The lowest BCUT2D eigenvalue weighted by Crippen LogP contribution is -2.41. The van der Waals surface area contributed by atoms with Gasteiger partial charge in [0.1, 0.15) is 0 Å². The van der Waals surface area contributed by atoms with E-state index in [2.05, 4.69) is 35.7 Å². The van der Waals surface area contributed by atoms with Crippen molar-refractivity contribution >= 4 is 0 Å². The van der Waals surface area contributed by atoms with Crippen molar-refractivity contribution in [2.24, 2.45) is 0 Å². The summed E-state index contributed by atoms with van der Waals surface area (Å²) in [5.74, 6) is 0. The summed E-state index contributed by atoms with van der Waals surface area (Å²) >= 11 is 0. The van der Waals surface area contributed by atoms with Crippen LogP contribution in [-0.4, -0.2) is 46.5 Å². The maximum absolute atomic E-state index is 5.97. The monoisotopic (exact) mass is 280 g/mol. The van der Waals surface area contributed by atoms with Gasteiger partial charge in [0.05, 0.1) is 30.1 Å². The predicted octanol–water partition coefficient (Wildman–Crippen LogP) is 1.29. The number of hydrogen-bond acceptors (Lipinski definition) is 5. The van der Waals surface area contributed by atoms with Gasteiger partial charge in [-0.2, -0.15) is 0 Å². The van der Waals surface area contributed by atoms with Crippen LogP contribution in [0.25, 0.3) is 0 Å². The molecule has 0 bridgehead atoms. The highest BCUT2D eigenvalue weighted by Gasteiger charge is 2.41. The lowest BCUT2D eigenvalue weighted by Gasteiger charge is -2.36. The molecule has 0 aromatic carbocycles. The van der Waals surface area contributed by atoms with Crippen LogP contribution in [0.3, 0.4) is 0 Å². The van der Waals surface area contributed by atoms with Crippen LogP contribution in [-0.2, 0) is 16.0 Å². The third-order valence-corrected chi connectivity index (χ3v) is 4.16. The molecule has 1 spiro atoms. The molecule has 0 radical (unpaired) electrons. The zero-order valence-electron chi connectivity index (χ0n) is 12.3. The van der Waals surface area contributed by atoms with Gasteiger partial charge < -0.3 is 14.8 Å². The van der Waals surface area contributed by atoms with Crippen molar-refractivity contribution in [3.05, 3.63) is 11.9 Å². The fourth-order valence-corrected chi connectivity index (χ4v) is 2.97. The van der Waals surface area contributed by atoms with E-state index in [0.29, 0.717) is 12.1 Å². The van der Waals surface area contributed by atoms with E-state index >= 15 is 0 Å². The van der Waals surface area contributed by atoms with Crippen LogP contribution in [0.4, 0.5) is 0 Å². The van der Waals surface area contributed by atoms with Crippen molar-refractivity contribution < 1.29 is 9.47 Å². The van der Waals surface area contributed by atoms with Gasteiger partial charge >= 0.3 is 0 Å². The van der Waals surface area contributed by atoms with Gasteiger partial charge in [0.25, 0.3) is 0 Å². The van der Waals surface area contributed by atoms with Gasteiger partial charge in [-0.1, -0.05) is 19.1 Å². The number of ether oxygens (including phenoxy) is 2. The summed E-state index contributed by atoms with van der Waals surface area (Å²) in [7, 11) is 0. The van der Waals surface area contributed by atoms with Crippen LogP contribution in [0.2, 0.25) is 0 Å². The Morgan fingerprint density at radius 2 is 2.40 bits per heavy atom. The Hall–Kier alpha value is -0.980. The fourth-order valence-electron chi connectivity index (χ4n) is 2.97. The van der Waals surface area contributed by atoms with Crippen LogP contribution in [0.5, 0.6) is 0 Å². The Morgan fingerprint density at radius 1 is 1.50 bits per heavy atom. The summed E-state index contributed by atoms with van der Waals surface area (Å²) in [5.41, 5.74) is 0.924. The quantitative estimate of drug-likeness (QED) is 0.900. The maximum atomic E-state index is 5.97. The van der Waals surface area contributed by atoms with Crippen LogP contribution in [0, 0.1) is 0 Å². The molecular formula is C14H24N4O2. The molecule has 1 aromatic rings. The lowest BCUT2D eigenvalue weighted by atomic mass is 9.90. The second-order valence-electron chi connectivity index (χ2n) is 6.21. The molecule has 1 N–H and O–H groups in total. The molecule has 6 nitrogen and oxygen atoms in total. The van der Waals surface area contributed by atoms with Crippen molar-refractivity contribution in [1.29, 1.82) is 0 Å². The largest absolute Gasteiger partial charge is 0.378 e. The van der Waals surface area contributed by atoms with Gasteiger partial charge in [-0.25, -0.2) is 4.68 Å². The second-order valence-corrected chi connectivity index (χ2v) is 6.21. The molecular weight excluding hydrogens is 256 g/mol. The van der Waals surface area contributed by atoms with E-state index in [9.17, 15) is 0 Å². The molecule has 0 amide bonds. The van der Waals surface area contributed by atoms with Crippen molar-refractivity contribution in [3.63, 3.8) is 0 Å². The average Bonchev–Trinajstić information content (AvgIpc) is 3.06. The van der Waals surface area contributed by atoms with E-state index in [1.807, 2.05) is 4.68 Å². The Morgan fingerprint density at radius 3 is 3.15 bits per heavy atom. The summed E-state index contributed by atoms with van der Waals surface area (Å²) < 4.78 is 13.5. The molecule has 3 heterocycles. The van der Waals surface area contributed by atoms with Crippen molar-refractivity contribution in [3.8, 4) is 0 Å². The zero-order valence-corrected chi connectivity index (χ0v) is 12.3. The normalized spacial score (nSPS) is 30.4. The Labute approximate surface area is 119 Å². The van der Waals surface area contributed by atoms with E-state index in [1.54, 1.807) is 0 Å². The number of nitrogens with one attached hydrogen (secondary N) is 1. The average molecular weight is 280 g/mol.